The maximum absolute atomic E-state index is 14.2. The second-order valence-corrected chi connectivity index (χ2v) is 8.26. The lowest BCUT2D eigenvalue weighted by Gasteiger charge is -2.32. The summed E-state index contributed by atoms with van der Waals surface area (Å²) in [6, 6.07) is 3.08. The number of halogens is 1. The molecule has 6 nitrogen and oxygen atoms in total. The zero-order valence-corrected chi connectivity index (χ0v) is 18.1. The van der Waals surface area contributed by atoms with E-state index in [0.29, 0.717) is 24.2 Å². The standard InChI is InChI=1S/C21H27FN4O2S/c1-7-8-10-26(20(27)28-21(3,4)5)25(6)11-9-15(2)24-17-13-18-19(12-16(17)22)29-14-23-18/h7,9,11-14,24H,1-2,8,10H2,3-6H3/b11-9-. The number of thiazole rings is 1. The van der Waals surface area contributed by atoms with Crippen LogP contribution in [0.5, 0.6) is 0 Å². The van der Waals surface area contributed by atoms with Gasteiger partial charge in [0.2, 0.25) is 0 Å². The molecule has 0 atom stereocenters. The quantitative estimate of drug-likeness (QED) is 0.347. The van der Waals surface area contributed by atoms with E-state index in [0.717, 1.165) is 4.70 Å². The van der Waals surface area contributed by atoms with Crippen LogP contribution in [0.15, 0.2) is 54.9 Å². The molecule has 0 radical (unpaired) electrons. The summed E-state index contributed by atoms with van der Waals surface area (Å²) < 4.78 is 20.5. The average Bonchev–Trinajstić information content (AvgIpc) is 3.06. The number of hydrogen-bond donors (Lipinski definition) is 1. The van der Waals surface area contributed by atoms with Gasteiger partial charge in [-0.2, -0.15) is 0 Å². The molecule has 0 bridgehead atoms. The first kappa shape index (κ1) is 22.4. The molecule has 0 spiro atoms. The number of carbonyl (C=O) groups is 1. The highest BCUT2D eigenvalue weighted by molar-refractivity contribution is 7.16. The minimum atomic E-state index is -0.606. The number of hydrazine groups is 1. The predicted molar refractivity (Wildman–Crippen MR) is 117 cm³/mol. The van der Waals surface area contributed by atoms with Crippen molar-refractivity contribution in [2.24, 2.45) is 0 Å². The van der Waals surface area contributed by atoms with E-state index in [-0.39, 0.29) is 11.5 Å². The molecule has 0 unspecified atom stereocenters. The molecule has 0 aliphatic carbocycles. The number of ether oxygens (including phenoxy) is 1. The molecule has 1 aromatic carbocycles. The minimum Gasteiger partial charge on any atom is -0.442 e. The van der Waals surface area contributed by atoms with Crippen molar-refractivity contribution in [1.82, 2.24) is 15.0 Å². The summed E-state index contributed by atoms with van der Waals surface area (Å²) in [6.07, 6.45) is 5.17. The smallest absolute Gasteiger partial charge is 0.429 e. The molecule has 29 heavy (non-hydrogen) atoms. The number of nitrogens with zero attached hydrogens (tertiary/aromatic N) is 3. The maximum Gasteiger partial charge on any atom is 0.429 e. The monoisotopic (exact) mass is 418 g/mol. The van der Waals surface area contributed by atoms with E-state index in [2.05, 4.69) is 23.5 Å². The van der Waals surface area contributed by atoms with Crippen LogP contribution in [0.25, 0.3) is 10.2 Å². The Hall–Kier alpha value is -2.87. The van der Waals surface area contributed by atoms with Gasteiger partial charge in [0, 0.05) is 25.5 Å². The van der Waals surface area contributed by atoms with Gasteiger partial charge in [-0.05, 0) is 45.4 Å². The van der Waals surface area contributed by atoms with E-state index in [1.807, 2.05) is 20.8 Å². The summed E-state index contributed by atoms with van der Waals surface area (Å²) in [5.41, 5.74) is 2.53. The fourth-order valence-corrected chi connectivity index (χ4v) is 3.06. The molecule has 0 aliphatic heterocycles. The second kappa shape index (κ2) is 9.56. The molecule has 0 saturated heterocycles. The summed E-state index contributed by atoms with van der Waals surface area (Å²) in [7, 11) is 1.72. The molecule has 1 N–H and O–H groups in total. The molecule has 156 valence electrons. The Morgan fingerprint density at radius 1 is 1.41 bits per heavy atom. The van der Waals surface area contributed by atoms with Crippen molar-refractivity contribution in [3.63, 3.8) is 0 Å². The highest BCUT2D eigenvalue weighted by atomic mass is 32.1. The third kappa shape index (κ3) is 6.60. The number of amides is 1. The van der Waals surface area contributed by atoms with Gasteiger partial charge in [-0.15, -0.1) is 17.9 Å². The van der Waals surface area contributed by atoms with Gasteiger partial charge < -0.3 is 10.1 Å². The van der Waals surface area contributed by atoms with Crippen LogP contribution in [-0.2, 0) is 4.74 Å². The fourth-order valence-electron chi connectivity index (χ4n) is 2.37. The van der Waals surface area contributed by atoms with Gasteiger partial charge in [0.15, 0.2) is 0 Å². The van der Waals surface area contributed by atoms with Crippen LogP contribution >= 0.6 is 11.3 Å². The molecule has 1 heterocycles. The summed E-state index contributed by atoms with van der Waals surface area (Å²) in [4.78, 5) is 16.7. The molecule has 0 saturated carbocycles. The second-order valence-electron chi connectivity index (χ2n) is 7.37. The van der Waals surface area contributed by atoms with Crippen molar-refractivity contribution < 1.29 is 13.9 Å². The number of carbonyl (C=O) groups excluding carboxylic acids is 1. The highest BCUT2D eigenvalue weighted by Crippen LogP contribution is 2.25. The Balaban J connectivity index is 2.07. The first-order chi connectivity index (χ1) is 13.6. The number of aromatic nitrogens is 1. The lowest BCUT2D eigenvalue weighted by Crippen LogP contribution is -2.44. The van der Waals surface area contributed by atoms with E-state index in [1.54, 1.807) is 42.0 Å². The van der Waals surface area contributed by atoms with Crippen LogP contribution in [-0.4, -0.2) is 40.3 Å². The van der Waals surface area contributed by atoms with E-state index in [1.165, 1.54) is 22.4 Å². The lowest BCUT2D eigenvalue weighted by atomic mass is 10.2. The number of nitrogens with one attached hydrogen (secondary N) is 1. The SMILES string of the molecule is C=CCCN(C(=O)OC(C)(C)C)N(C)/C=C\C(=C)Nc1cc2ncsc2cc1F. The minimum absolute atomic E-state index is 0.288. The zero-order valence-electron chi connectivity index (χ0n) is 17.2. The summed E-state index contributed by atoms with van der Waals surface area (Å²) in [5, 5.41) is 5.99. The molecule has 8 heteroatoms. The third-order valence-corrected chi connectivity index (χ3v) is 4.53. The van der Waals surface area contributed by atoms with Gasteiger partial charge in [-0.25, -0.2) is 19.2 Å². The highest BCUT2D eigenvalue weighted by Gasteiger charge is 2.23. The molecule has 1 aromatic heterocycles. The largest absolute Gasteiger partial charge is 0.442 e. The van der Waals surface area contributed by atoms with Crippen LogP contribution in [0, 0.1) is 5.82 Å². The van der Waals surface area contributed by atoms with E-state index < -0.39 is 11.7 Å². The normalized spacial score (nSPS) is 11.5. The van der Waals surface area contributed by atoms with Gasteiger partial charge >= 0.3 is 6.09 Å². The van der Waals surface area contributed by atoms with Crippen LogP contribution in [0.1, 0.15) is 27.2 Å². The lowest BCUT2D eigenvalue weighted by molar-refractivity contribution is -0.0196. The average molecular weight is 419 g/mol. The maximum atomic E-state index is 14.2. The third-order valence-electron chi connectivity index (χ3n) is 3.74. The first-order valence-corrected chi connectivity index (χ1v) is 9.99. The number of rotatable bonds is 8. The Bertz CT molecular complexity index is 917. The number of hydrogen-bond acceptors (Lipinski definition) is 6. The van der Waals surface area contributed by atoms with Crippen molar-refractivity contribution in [3.8, 4) is 0 Å². The molecule has 2 aromatic rings. The van der Waals surface area contributed by atoms with Crippen LogP contribution < -0.4 is 5.32 Å². The van der Waals surface area contributed by atoms with Crippen LogP contribution in [0.3, 0.4) is 0 Å². The van der Waals surface area contributed by atoms with Gasteiger partial charge in [0.05, 0.1) is 21.4 Å². The first-order valence-electron chi connectivity index (χ1n) is 9.11. The van der Waals surface area contributed by atoms with Crippen LogP contribution in [0.4, 0.5) is 14.9 Å². The Labute approximate surface area is 174 Å². The molecule has 0 aliphatic rings. The van der Waals surface area contributed by atoms with Gasteiger partial charge in [0.1, 0.15) is 11.4 Å². The fraction of sp³-hybridized carbons (Fsp3) is 0.333. The number of anilines is 1. The van der Waals surface area contributed by atoms with Gasteiger partial charge in [-0.3, -0.25) is 5.01 Å². The summed E-state index contributed by atoms with van der Waals surface area (Å²) in [5.74, 6) is -0.383. The van der Waals surface area contributed by atoms with Crippen molar-refractivity contribution in [1.29, 1.82) is 0 Å². The topological polar surface area (TPSA) is 57.7 Å². The molecule has 1 amide bonds. The Morgan fingerprint density at radius 2 is 2.14 bits per heavy atom. The molecular formula is C21H27FN4O2S. The molecular weight excluding hydrogens is 391 g/mol. The van der Waals surface area contributed by atoms with E-state index >= 15 is 0 Å². The summed E-state index contributed by atoms with van der Waals surface area (Å²) in [6.45, 7) is 13.4. The number of allylic oxidation sites excluding steroid dienone is 1. The van der Waals surface area contributed by atoms with E-state index in [4.69, 9.17) is 4.74 Å². The van der Waals surface area contributed by atoms with Crippen molar-refractivity contribution in [3.05, 3.63) is 60.7 Å². The zero-order chi connectivity index (χ0) is 21.6. The number of benzene rings is 1. The number of fused-ring (bicyclic) bond motifs is 1. The predicted octanol–water partition coefficient (Wildman–Crippen LogP) is 5.53. The summed E-state index contributed by atoms with van der Waals surface area (Å²) >= 11 is 1.38. The molecule has 2 rings (SSSR count). The van der Waals surface area contributed by atoms with Crippen LogP contribution in [0.2, 0.25) is 0 Å². The molecule has 0 fully saturated rings. The Kier molecular flexibility index (Phi) is 7.39. The van der Waals surface area contributed by atoms with Gasteiger partial charge in [0.25, 0.3) is 0 Å². The van der Waals surface area contributed by atoms with Crippen molar-refractivity contribution in [2.75, 3.05) is 18.9 Å². The van der Waals surface area contributed by atoms with E-state index in [9.17, 15) is 9.18 Å². The van der Waals surface area contributed by atoms with Crippen molar-refractivity contribution >= 4 is 33.3 Å². The Morgan fingerprint density at radius 3 is 2.79 bits per heavy atom. The van der Waals surface area contributed by atoms with Crippen molar-refractivity contribution in [2.45, 2.75) is 32.8 Å². The van der Waals surface area contributed by atoms with Gasteiger partial charge in [-0.1, -0.05) is 12.7 Å².